The van der Waals surface area contributed by atoms with Crippen molar-refractivity contribution in [1.82, 2.24) is 14.7 Å². The predicted molar refractivity (Wildman–Crippen MR) is 79.1 cm³/mol. The Morgan fingerprint density at radius 3 is 2.52 bits per heavy atom. The van der Waals surface area contributed by atoms with Crippen LogP contribution in [-0.4, -0.2) is 71.9 Å². The number of carbonyl (C=O) groups excluding carboxylic acids is 2. The zero-order valence-electron chi connectivity index (χ0n) is 12.7. The molecule has 2 N–H and O–H groups in total. The summed E-state index contributed by atoms with van der Waals surface area (Å²) in [6.07, 6.45) is 3.73. The van der Waals surface area contributed by atoms with E-state index in [1.807, 2.05) is 9.80 Å². The van der Waals surface area contributed by atoms with Crippen LogP contribution in [0.15, 0.2) is 4.99 Å². The van der Waals surface area contributed by atoms with E-state index in [2.05, 4.69) is 4.99 Å². The number of hydrogen-bond acceptors (Lipinski definition) is 3. The first-order chi connectivity index (χ1) is 9.94. The van der Waals surface area contributed by atoms with Crippen LogP contribution in [0.2, 0.25) is 0 Å². The average molecular weight is 293 g/mol. The zero-order valence-corrected chi connectivity index (χ0v) is 12.7. The van der Waals surface area contributed by atoms with Gasteiger partial charge in [-0.05, 0) is 31.6 Å². The Morgan fingerprint density at radius 2 is 2.00 bits per heavy atom. The number of carbonyl (C=O) groups is 2. The van der Waals surface area contributed by atoms with Crippen molar-refractivity contribution in [3.8, 4) is 0 Å². The molecule has 4 amide bonds. The number of amidine groups is 1. The molecule has 7 nitrogen and oxygen atoms in total. The molecule has 1 aliphatic carbocycles. The van der Waals surface area contributed by atoms with Gasteiger partial charge in [-0.3, -0.25) is 0 Å². The molecule has 3 aliphatic rings. The Hall–Kier alpha value is -1.79. The maximum Gasteiger partial charge on any atom is 0.346 e. The number of piperidine rings is 1. The third kappa shape index (κ3) is 2.34. The molecule has 0 aromatic carbocycles. The van der Waals surface area contributed by atoms with Crippen molar-refractivity contribution in [2.75, 3.05) is 33.7 Å². The second kappa shape index (κ2) is 4.89. The van der Waals surface area contributed by atoms with E-state index in [9.17, 15) is 9.59 Å². The van der Waals surface area contributed by atoms with Crippen molar-refractivity contribution in [2.24, 2.45) is 16.6 Å². The summed E-state index contributed by atoms with van der Waals surface area (Å²) in [6, 6.07) is -0.190. The highest BCUT2D eigenvalue weighted by molar-refractivity contribution is 6.06. The van der Waals surface area contributed by atoms with Crippen molar-refractivity contribution in [1.29, 1.82) is 0 Å². The number of likely N-dealkylation sites (tertiary alicyclic amines) is 1. The van der Waals surface area contributed by atoms with Crippen molar-refractivity contribution < 1.29 is 9.59 Å². The molecule has 1 saturated carbocycles. The molecule has 0 bridgehead atoms. The molecular formula is C14H23N5O2. The van der Waals surface area contributed by atoms with Crippen LogP contribution >= 0.6 is 0 Å². The molecule has 0 aromatic heterocycles. The van der Waals surface area contributed by atoms with Gasteiger partial charge < -0.3 is 20.4 Å². The maximum absolute atomic E-state index is 12.1. The zero-order chi connectivity index (χ0) is 15.2. The number of rotatable bonds is 2. The molecule has 7 heteroatoms. The Bertz CT molecular complexity index is 490. The van der Waals surface area contributed by atoms with Crippen LogP contribution in [-0.2, 0) is 0 Å². The Labute approximate surface area is 124 Å². The molecule has 21 heavy (non-hydrogen) atoms. The Morgan fingerprint density at radius 1 is 1.38 bits per heavy atom. The van der Waals surface area contributed by atoms with E-state index in [0.29, 0.717) is 37.7 Å². The van der Waals surface area contributed by atoms with Gasteiger partial charge in [0.25, 0.3) is 0 Å². The summed E-state index contributed by atoms with van der Waals surface area (Å²) in [5, 5.41) is 0. The number of nitrogens with zero attached hydrogens (tertiary/aromatic N) is 4. The number of urea groups is 2. The van der Waals surface area contributed by atoms with E-state index < -0.39 is 5.54 Å². The molecule has 3 rings (SSSR count). The van der Waals surface area contributed by atoms with Crippen LogP contribution in [0.5, 0.6) is 0 Å². The van der Waals surface area contributed by atoms with Gasteiger partial charge in [0.05, 0.1) is 0 Å². The molecule has 0 unspecified atom stereocenters. The Kier molecular flexibility index (Phi) is 3.30. The molecule has 0 aromatic rings. The summed E-state index contributed by atoms with van der Waals surface area (Å²) in [5.74, 6) is 1.04. The van der Waals surface area contributed by atoms with Crippen molar-refractivity contribution in [2.45, 2.75) is 31.2 Å². The average Bonchev–Trinajstić information content (AvgIpc) is 3.24. The minimum atomic E-state index is -0.456. The topological polar surface area (TPSA) is 82.2 Å². The molecule has 2 aliphatic heterocycles. The third-order valence-electron chi connectivity index (χ3n) is 4.82. The molecule has 2 fully saturated rings. The van der Waals surface area contributed by atoms with Crippen LogP contribution in [0.1, 0.15) is 25.7 Å². The van der Waals surface area contributed by atoms with Crippen molar-refractivity contribution >= 4 is 17.9 Å². The van der Waals surface area contributed by atoms with Gasteiger partial charge >= 0.3 is 12.1 Å². The normalized spacial score (nSPS) is 24.5. The van der Waals surface area contributed by atoms with E-state index in [4.69, 9.17) is 5.73 Å². The van der Waals surface area contributed by atoms with Crippen LogP contribution in [0, 0.1) is 5.92 Å². The second-order valence-corrected chi connectivity index (χ2v) is 6.53. The molecule has 0 atom stereocenters. The maximum atomic E-state index is 12.1. The molecular weight excluding hydrogens is 270 g/mol. The minimum Gasteiger partial charge on any atom is -0.385 e. The van der Waals surface area contributed by atoms with Gasteiger partial charge in [0, 0.05) is 33.7 Å². The Balaban J connectivity index is 1.73. The third-order valence-corrected chi connectivity index (χ3v) is 4.82. The lowest BCUT2D eigenvalue weighted by atomic mass is 9.85. The molecule has 0 radical (unpaired) electrons. The molecule has 116 valence electrons. The van der Waals surface area contributed by atoms with Crippen LogP contribution in [0.25, 0.3) is 0 Å². The van der Waals surface area contributed by atoms with Crippen molar-refractivity contribution in [3.05, 3.63) is 0 Å². The first kappa shape index (κ1) is 14.2. The van der Waals surface area contributed by atoms with Gasteiger partial charge in [-0.1, -0.05) is 0 Å². The summed E-state index contributed by atoms with van der Waals surface area (Å²) in [6.45, 7) is 1.98. The number of nitrogens with two attached hydrogens (primary N) is 1. The summed E-state index contributed by atoms with van der Waals surface area (Å²) in [4.78, 5) is 33.4. The molecule has 1 saturated heterocycles. The van der Waals surface area contributed by atoms with Gasteiger partial charge in [-0.2, -0.15) is 4.99 Å². The van der Waals surface area contributed by atoms with Gasteiger partial charge in [0.1, 0.15) is 11.4 Å². The van der Waals surface area contributed by atoms with E-state index in [0.717, 1.165) is 6.54 Å². The first-order valence-corrected chi connectivity index (χ1v) is 7.56. The lowest BCUT2D eigenvalue weighted by Gasteiger charge is -2.44. The second-order valence-electron chi connectivity index (χ2n) is 6.53. The summed E-state index contributed by atoms with van der Waals surface area (Å²) in [7, 11) is 3.50. The molecule has 2 heterocycles. The minimum absolute atomic E-state index is 0.0124. The smallest absolute Gasteiger partial charge is 0.346 e. The van der Waals surface area contributed by atoms with E-state index in [1.54, 1.807) is 19.0 Å². The largest absolute Gasteiger partial charge is 0.385 e. The van der Waals surface area contributed by atoms with Crippen LogP contribution in [0.3, 0.4) is 0 Å². The standard InChI is InChI=1S/C14H23N5O2/c1-17(2)13(21)18-7-5-14(6-8-18)11(15)16-12(20)19(14)9-10-3-4-10/h10H,3-9H2,1-2H3,(H2,15,16,20). The van der Waals surface area contributed by atoms with Gasteiger partial charge in [-0.15, -0.1) is 0 Å². The predicted octanol–water partition coefficient (Wildman–Crippen LogP) is 0.705. The van der Waals surface area contributed by atoms with Gasteiger partial charge in [0.15, 0.2) is 0 Å². The number of aliphatic imine (C=N–C) groups is 1. The SMILES string of the molecule is CN(C)C(=O)N1CCC2(CC1)C(N)=NC(=O)N2CC1CC1. The molecule has 1 spiro atoms. The lowest BCUT2D eigenvalue weighted by Crippen LogP contribution is -2.61. The van der Waals surface area contributed by atoms with Crippen LogP contribution < -0.4 is 5.73 Å². The van der Waals surface area contributed by atoms with Crippen LogP contribution in [0.4, 0.5) is 9.59 Å². The fourth-order valence-corrected chi connectivity index (χ4v) is 3.28. The fraction of sp³-hybridized carbons (Fsp3) is 0.786. The first-order valence-electron chi connectivity index (χ1n) is 7.56. The van der Waals surface area contributed by atoms with E-state index >= 15 is 0 Å². The highest BCUT2D eigenvalue weighted by Crippen LogP contribution is 2.38. The monoisotopic (exact) mass is 293 g/mol. The summed E-state index contributed by atoms with van der Waals surface area (Å²) in [5.41, 5.74) is 5.62. The summed E-state index contributed by atoms with van der Waals surface area (Å²) < 4.78 is 0. The highest BCUT2D eigenvalue weighted by atomic mass is 16.2. The summed E-state index contributed by atoms with van der Waals surface area (Å²) >= 11 is 0. The van der Waals surface area contributed by atoms with E-state index in [-0.39, 0.29) is 12.1 Å². The number of amides is 4. The van der Waals surface area contributed by atoms with E-state index in [1.165, 1.54) is 12.8 Å². The number of hydrogen-bond donors (Lipinski definition) is 1. The lowest BCUT2D eigenvalue weighted by molar-refractivity contribution is 0.0990. The van der Waals surface area contributed by atoms with Gasteiger partial charge in [-0.25, -0.2) is 9.59 Å². The highest BCUT2D eigenvalue weighted by Gasteiger charge is 2.51. The van der Waals surface area contributed by atoms with Crippen molar-refractivity contribution in [3.63, 3.8) is 0 Å². The quantitative estimate of drug-likeness (QED) is 0.814. The fourth-order valence-electron chi connectivity index (χ4n) is 3.28. The van der Waals surface area contributed by atoms with Gasteiger partial charge in [0.2, 0.25) is 0 Å².